The minimum atomic E-state index is 0.0117. The summed E-state index contributed by atoms with van der Waals surface area (Å²) in [6, 6.07) is 1.78. The zero-order valence-electron chi connectivity index (χ0n) is 14.9. The zero-order chi connectivity index (χ0) is 16.0. The molecule has 5 heteroatoms. The predicted molar refractivity (Wildman–Crippen MR) is 91.2 cm³/mol. The van der Waals surface area contributed by atoms with Gasteiger partial charge in [0.15, 0.2) is 0 Å². The number of likely N-dealkylation sites (tertiary alicyclic amines) is 2. The first-order valence-electron chi connectivity index (χ1n) is 9.40. The molecule has 3 aliphatic rings. The number of piperidine rings is 2. The second-order valence-electron chi connectivity index (χ2n) is 8.72. The first kappa shape index (κ1) is 15.6. The molecule has 128 valence electrons. The number of aromatic nitrogens is 3. The maximum absolute atomic E-state index is 4.53. The Balaban J connectivity index is 1.42. The molecule has 1 saturated carbocycles. The van der Waals surface area contributed by atoms with Gasteiger partial charge in [-0.05, 0) is 65.3 Å². The van der Waals surface area contributed by atoms with Gasteiger partial charge in [0.2, 0.25) is 0 Å². The minimum absolute atomic E-state index is 0.0117. The molecule has 0 bridgehead atoms. The van der Waals surface area contributed by atoms with E-state index in [4.69, 9.17) is 0 Å². The fraction of sp³-hybridized carbons (Fsp3) is 0.889. The summed E-state index contributed by atoms with van der Waals surface area (Å²) in [5, 5.41) is 4.45. The Morgan fingerprint density at radius 2 is 1.96 bits per heavy atom. The van der Waals surface area contributed by atoms with E-state index in [0.717, 1.165) is 30.4 Å². The van der Waals surface area contributed by atoms with Gasteiger partial charge in [-0.2, -0.15) is 5.10 Å². The maximum atomic E-state index is 4.53. The molecule has 0 amide bonds. The van der Waals surface area contributed by atoms with Crippen LogP contribution in [0.5, 0.6) is 0 Å². The lowest BCUT2D eigenvalue weighted by molar-refractivity contribution is 0.0139. The van der Waals surface area contributed by atoms with E-state index in [-0.39, 0.29) is 5.54 Å². The van der Waals surface area contributed by atoms with Crippen molar-refractivity contribution < 1.29 is 0 Å². The third kappa shape index (κ3) is 3.18. The maximum Gasteiger partial charge on any atom is 0.141 e. The van der Waals surface area contributed by atoms with Crippen molar-refractivity contribution in [1.82, 2.24) is 24.6 Å². The van der Waals surface area contributed by atoms with Crippen molar-refractivity contribution in [2.75, 3.05) is 19.6 Å². The average molecular weight is 317 g/mol. The van der Waals surface area contributed by atoms with Gasteiger partial charge in [0.1, 0.15) is 12.2 Å². The van der Waals surface area contributed by atoms with Gasteiger partial charge in [0.25, 0.3) is 0 Å². The topological polar surface area (TPSA) is 37.2 Å². The van der Waals surface area contributed by atoms with Crippen molar-refractivity contribution in [2.24, 2.45) is 5.92 Å². The van der Waals surface area contributed by atoms with Crippen LogP contribution in [0.15, 0.2) is 6.33 Å². The highest BCUT2D eigenvalue weighted by atomic mass is 15.4. The van der Waals surface area contributed by atoms with Gasteiger partial charge in [-0.3, -0.25) is 9.80 Å². The highest BCUT2D eigenvalue weighted by molar-refractivity contribution is 4.98. The molecule has 1 aliphatic carbocycles. The number of hydrogen-bond acceptors (Lipinski definition) is 4. The van der Waals surface area contributed by atoms with Crippen molar-refractivity contribution >= 4 is 0 Å². The van der Waals surface area contributed by atoms with Crippen LogP contribution < -0.4 is 0 Å². The zero-order valence-corrected chi connectivity index (χ0v) is 14.9. The van der Waals surface area contributed by atoms with E-state index in [2.05, 4.69) is 45.3 Å². The molecule has 0 spiro atoms. The highest BCUT2D eigenvalue weighted by Gasteiger charge is 2.42. The Hall–Kier alpha value is -0.940. The van der Waals surface area contributed by atoms with Gasteiger partial charge in [-0.15, -0.1) is 0 Å². The summed E-state index contributed by atoms with van der Waals surface area (Å²) in [7, 11) is 0. The fourth-order valence-electron chi connectivity index (χ4n) is 4.65. The van der Waals surface area contributed by atoms with E-state index >= 15 is 0 Å². The van der Waals surface area contributed by atoms with Crippen molar-refractivity contribution in [3.8, 4) is 0 Å². The van der Waals surface area contributed by atoms with Crippen molar-refractivity contribution in [1.29, 1.82) is 0 Å². The molecular weight excluding hydrogens is 286 g/mol. The third-order valence-electron chi connectivity index (χ3n) is 5.83. The number of nitrogens with zero attached hydrogens (tertiary/aromatic N) is 5. The van der Waals surface area contributed by atoms with Crippen LogP contribution in [-0.2, 0) is 12.1 Å². The van der Waals surface area contributed by atoms with E-state index in [1.165, 1.54) is 51.7 Å². The molecule has 2 atom stereocenters. The van der Waals surface area contributed by atoms with Crippen molar-refractivity contribution in [3.05, 3.63) is 12.2 Å². The van der Waals surface area contributed by atoms with Crippen LogP contribution in [0.2, 0.25) is 0 Å². The molecule has 2 aliphatic heterocycles. The van der Waals surface area contributed by atoms with Crippen LogP contribution in [0.4, 0.5) is 0 Å². The highest BCUT2D eigenvalue weighted by Crippen LogP contribution is 2.38. The van der Waals surface area contributed by atoms with Gasteiger partial charge in [-0.25, -0.2) is 9.67 Å². The Labute approximate surface area is 140 Å². The van der Waals surface area contributed by atoms with Crippen LogP contribution in [0.25, 0.3) is 0 Å². The Morgan fingerprint density at radius 3 is 2.70 bits per heavy atom. The Morgan fingerprint density at radius 1 is 1.13 bits per heavy atom. The van der Waals surface area contributed by atoms with Crippen molar-refractivity contribution in [3.63, 3.8) is 0 Å². The molecule has 3 heterocycles. The lowest BCUT2D eigenvalue weighted by atomic mass is 9.83. The van der Waals surface area contributed by atoms with Crippen LogP contribution in [-0.4, -0.2) is 56.3 Å². The average Bonchev–Trinajstić information content (AvgIpc) is 3.24. The van der Waals surface area contributed by atoms with Gasteiger partial charge in [-0.1, -0.05) is 0 Å². The van der Waals surface area contributed by atoms with Gasteiger partial charge in [0.05, 0.1) is 12.1 Å². The summed E-state index contributed by atoms with van der Waals surface area (Å²) < 4.78 is 2.09. The number of fused-ring (bicyclic) bond motifs is 1. The lowest BCUT2D eigenvalue weighted by Gasteiger charge is -2.47. The van der Waals surface area contributed by atoms with E-state index < -0.39 is 0 Å². The first-order valence-corrected chi connectivity index (χ1v) is 9.40. The number of hydrogen-bond donors (Lipinski definition) is 0. The van der Waals surface area contributed by atoms with E-state index in [1.807, 2.05) is 0 Å². The molecule has 0 aromatic carbocycles. The first-order chi connectivity index (χ1) is 11.0. The number of rotatable bonds is 3. The van der Waals surface area contributed by atoms with Crippen LogP contribution in [0, 0.1) is 5.92 Å². The third-order valence-corrected chi connectivity index (χ3v) is 5.83. The molecule has 1 aromatic heterocycles. The van der Waals surface area contributed by atoms with Gasteiger partial charge < -0.3 is 0 Å². The second-order valence-corrected chi connectivity index (χ2v) is 8.72. The monoisotopic (exact) mass is 317 g/mol. The molecule has 2 saturated heterocycles. The standard InChI is InChI=1S/C18H31N5/c1-18(2,3)23-17(19-13-20-23)12-21-10-8-16-14(11-21)5-4-9-22(16)15-6-7-15/h13-16H,4-12H2,1-3H3/t14-,16-/m1/s1. The normalized spacial score (nSPS) is 30.4. The lowest BCUT2D eigenvalue weighted by Crippen LogP contribution is -2.54. The molecular formula is C18H31N5. The van der Waals surface area contributed by atoms with E-state index in [1.54, 1.807) is 6.33 Å². The summed E-state index contributed by atoms with van der Waals surface area (Å²) in [6.07, 6.45) is 8.75. The fourth-order valence-corrected chi connectivity index (χ4v) is 4.65. The van der Waals surface area contributed by atoms with Gasteiger partial charge in [0, 0.05) is 25.2 Å². The SMILES string of the molecule is CC(C)(C)n1ncnc1CN1CC[C@@H]2[C@H](CCCN2C2CC2)C1. The molecule has 1 aromatic rings. The molecule has 4 rings (SSSR count). The molecule has 0 radical (unpaired) electrons. The van der Waals surface area contributed by atoms with E-state index in [9.17, 15) is 0 Å². The molecule has 23 heavy (non-hydrogen) atoms. The molecule has 0 unspecified atom stereocenters. The summed E-state index contributed by atoms with van der Waals surface area (Å²) in [5.41, 5.74) is 0.0117. The predicted octanol–water partition coefficient (Wildman–Crippen LogP) is 2.48. The van der Waals surface area contributed by atoms with Crippen LogP contribution in [0.3, 0.4) is 0 Å². The van der Waals surface area contributed by atoms with E-state index in [0.29, 0.717) is 0 Å². The molecule has 3 fully saturated rings. The smallest absolute Gasteiger partial charge is 0.141 e. The summed E-state index contributed by atoms with van der Waals surface area (Å²) in [5.74, 6) is 1.98. The van der Waals surface area contributed by atoms with Crippen LogP contribution in [0.1, 0.15) is 58.7 Å². The summed E-state index contributed by atoms with van der Waals surface area (Å²) in [4.78, 5) is 10.00. The van der Waals surface area contributed by atoms with Crippen LogP contribution >= 0.6 is 0 Å². The minimum Gasteiger partial charge on any atom is -0.297 e. The largest absolute Gasteiger partial charge is 0.297 e. The summed E-state index contributed by atoms with van der Waals surface area (Å²) in [6.45, 7) is 11.4. The van der Waals surface area contributed by atoms with Gasteiger partial charge >= 0.3 is 0 Å². The Kier molecular flexibility index (Phi) is 3.96. The quantitative estimate of drug-likeness (QED) is 0.858. The molecule has 5 nitrogen and oxygen atoms in total. The molecule has 0 N–H and O–H groups in total. The second kappa shape index (κ2) is 5.85. The Bertz CT molecular complexity index is 542. The van der Waals surface area contributed by atoms with Crippen molar-refractivity contribution in [2.45, 2.75) is 77.0 Å². The summed E-state index contributed by atoms with van der Waals surface area (Å²) >= 11 is 0.